The molecule has 0 saturated heterocycles. The Kier molecular flexibility index (Phi) is 4.81. The summed E-state index contributed by atoms with van der Waals surface area (Å²) in [5.74, 6) is -6.40. The molecule has 0 bridgehead atoms. The SMILES string of the molecule is O=C(CCCC(=O)On1c(O)cc(O)c1O)On1c(O)cc(O)c1O. The highest BCUT2D eigenvalue weighted by Gasteiger charge is 2.19. The topological polar surface area (TPSA) is 184 Å². The lowest BCUT2D eigenvalue weighted by Crippen LogP contribution is -2.21. The van der Waals surface area contributed by atoms with Crippen LogP contribution in [0.5, 0.6) is 35.0 Å². The molecule has 2 heterocycles. The lowest BCUT2D eigenvalue weighted by atomic mass is 10.2. The molecule has 136 valence electrons. The molecule has 12 heteroatoms. The van der Waals surface area contributed by atoms with Crippen molar-refractivity contribution in [2.45, 2.75) is 19.3 Å². The van der Waals surface area contributed by atoms with Crippen LogP contribution in [0.25, 0.3) is 0 Å². The molecular weight excluding hydrogens is 344 g/mol. The molecule has 2 aromatic rings. The van der Waals surface area contributed by atoms with Crippen LogP contribution in [0.3, 0.4) is 0 Å². The molecule has 0 unspecified atom stereocenters. The van der Waals surface area contributed by atoms with Gasteiger partial charge in [-0.3, -0.25) is 0 Å². The summed E-state index contributed by atoms with van der Waals surface area (Å²) in [6, 6.07) is 1.51. The summed E-state index contributed by atoms with van der Waals surface area (Å²) in [6.45, 7) is 0. The van der Waals surface area contributed by atoms with Gasteiger partial charge in [0, 0.05) is 25.0 Å². The van der Waals surface area contributed by atoms with Crippen molar-refractivity contribution >= 4 is 11.9 Å². The summed E-state index contributed by atoms with van der Waals surface area (Å²) >= 11 is 0. The molecule has 0 aliphatic rings. The van der Waals surface area contributed by atoms with Gasteiger partial charge in [0.25, 0.3) is 11.8 Å². The quantitative estimate of drug-likeness (QED) is 0.386. The van der Waals surface area contributed by atoms with Gasteiger partial charge in [-0.2, -0.15) is 0 Å². The van der Waals surface area contributed by atoms with Crippen molar-refractivity contribution < 1.29 is 49.9 Å². The second-order valence-electron chi connectivity index (χ2n) is 4.79. The number of hydrogen-bond acceptors (Lipinski definition) is 10. The van der Waals surface area contributed by atoms with Crippen molar-refractivity contribution in [3.63, 3.8) is 0 Å². The Balaban J connectivity index is 1.82. The lowest BCUT2D eigenvalue weighted by molar-refractivity contribution is -0.147. The number of carbonyl (C=O) groups is 2. The number of hydrogen-bond donors (Lipinski definition) is 6. The fourth-order valence-corrected chi connectivity index (χ4v) is 1.77. The van der Waals surface area contributed by atoms with Crippen LogP contribution in [0.1, 0.15) is 19.3 Å². The third kappa shape index (κ3) is 3.80. The first-order valence-corrected chi connectivity index (χ1v) is 6.78. The summed E-state index contributed by atoms with van der Waals surface area (Å²) < 4.78 is 0.601. The minimum absolute atomic E-state index is 0.0682. The van der Waals surface area contributed by atoms with Crippen LogP contribution in [0.4, 0.5) is 0 Å². The van der Waals surface area contributed by atoms with Crippen molar-refractivity contribution in [2.75, 3.05) is 0 Å². The molecule has 0 radical (unpaired) electrons. The normalized spacial score (nSPS) is 10.6. The van der Waals surface area contributed by atoms with E-state index < -0.39 is 47.0 Å². The van der Waals surface area contributed by atoms with Gasteiger partial charge in [-0.1, -0.05) is 0 Å². The van der Waals surface area contributed by atoms with Gasteiger partial charge in [0.15, 0.2) is 11.5 Å². The number of aromatic hydroxyl groups is 6. The van der Waals surface area contributed by atoms with E-state index in [0.29, 0.717) is 9.46 Å². The molecule has 2 rings (SSSR count). The number of rotatable bonds is 6. The Morgan fingerprint density at radius 1 is 0.760 bits per heavy atom. The van der Waals surface area contributed by atoms with E-state index in [4.69, 9.17) is 10.2 Å². The Morgan fingerprint density at radius 3 is 1.40 bits per heavy atom. The zero-order chi connectivity index (χ0) is 18.7. The van der Waals surface area contributed by atoms with Gasteiger partial charge >= 0.3 is 11.9 Å². The summed E-state index contributed by atoms with van der Waals surface area (Å²) in [6.07, 6.45) is -0.704. The van der Waals surface area contributed by atoms with E-state index >= 15 is 0 Å². The summed E-state index contributed by atoms with van der Waals surface area (Å²) in [5, 5.41) is 55.5. The van der Waals surface area contributed by atoms with E-state index in [1.165, 1.54) is 0 Å². The van der Waals surface area contributed by atoms with E-state index in [1.807, 2.05) is 0 Å². The Labute approximate surface area is 138 Å². The van der Waals surface area contributed by atoms with E-state index in [0.717, 1.165) is 12.1 Å². The fraction of sp³-hybridized carbons (Fsp3) is 0.231. The van der Waals surface area contributed by atoms with Crippen molar-refractivity contribution in [2.24, 2.45) is 0 Å². The van der Waals surface area contributed by atoms with Crippen LogP contribution in [0.2, 0.25) is 0 Å². The monoisotopic (exact) mass is 358 g/mol. The van der Waals surface area contributed by atoms with E-state index in [1.54, 1.807) is 0 Å². The second kappa shape index (κ2) is 6.82. The van der Waals surface area contributed by atoms with E-state index in [9.17, 15) is 30.0 Å². The largest absolute Gasteiger partial charge is 0.503 e. The first kappa shape index (κ1) is 17.7. The minimum atomic E-state index is -0.932. The Bertz CT molecular complexity index is 740. The predicted molar refractivity (Wildman–Crippen MR) is 75.9 cm³/mol. The first-order valence-electron chi connectivity index (χ1n) is 6.78. The zero-order valence-corrected chi connectivity index (χ0v) is 12.5. The number of nitrogens with zero attached hydrogens (tertiary/aromatic N) is 2. The highest BCUT2D eigenvalue weighted by molar-refractivity contribution is 5.73. The maximum absolute atomic E-state index is 11.6. The average Bonchev–Trinajstić information content (AvgIpc) is 2.91. The average molecular weight is 358 g/mol. The molecule has 0 fully saturated rings. The van der Waals surface area contributed by atoms with Crippen LogP contribution in [0.15, 0.2) is 12.1 Å². The maximum atomic E-state index is 11.6. The number of aromatic nitrogens is 2. The molecule has 0 aliphatic carbocycles. The molecule has 25 heavy (non-hydrogen) atoms. The third-order valence-corrected chi connectivity index (χ3v) is 2.94. The molecule has 0 atom stereocenters. The molecule has 0 aliphatic heterocycles. The second-order valence-corrected chi connectivity index (χ2v) is 4.79. The van der Waals surface area contributed by atoms with Crippen LogP contribution in [-0.2, 0) is 9.59 Å². The van der Waals surface area contributed by atoms with Crippen LogP contribution in [-0.4, -0.2) is 52.0 Å². The summed E-state index contributed by atoms with van der Waals surface area (Å²) in [4.78, 5) is 32.3. The standard InChI is InChI=1S/C13H14N2O10/c16-6-4-8(18)14(12(6)22)24-10(20)2-1-3-11(21)25-15-9(19)5-7(17)13(15)23/h4-5,16-19,22-23H,1-3H2. The van der Waals surface area contributed by atoms with Crippen LogP contribution >= 0.6 is 0 Å². The lowest BCUT2D eigenvalue weighted by Gasteiger charge is -2.07. The van der Waals surface area contributed by atoms with Gasteiger partial charge in [-0.25, -0.2) is 9.59 Å². The van der Waals surface area contributed by atoms with Gasteiger partial charge in [0.1, 0.15) is 0 Å². The molecule has 0 saturated carbocycles. The van der Waals surface area contributed by atoms with Crippen LogP contribution < -0.4 is 9.68 Å². The van der Waals surface area contributed by atoms with Gasteiger partial charge in [-0.15, -0.1) is 9.46 Å². The molecule has 0 amide bonds. The Morgan fingerprint density at radius 2 is 1.12 bits per heavy atom. The molecule has 2 aromatic heterocycles. The molecule has 0 spiro atoms. The Hall–Kier alpha value is -3.70. The highest BCUT2D eigenvalue weighted by Crippen LogP contribution is 2.32. The van der Waals surface area contributed by atoms with Crippen molar-refractivity contribution in [3.8, 4) is 35.0 Å². The van der Waals surface area contributed by atoms with Gasteiger partial charge in [-0.05, 0) is 6.42 Å². The summed E-state index contributed by atoms with van der Waals surface area (Å²) in [7, 11) is 0. The van der Waals surface area contributed by atoms with Crippen molar-refractivity contribution in [1.82, 2.24) is 9.46 Å². The minimum Gasteiger partial charge on any atom is -0.503 e. The zero-order valence-electron chi connectivity index (χ0n) is 12.5. The molecular formula is C13H14N2O10. The van der Waals surface area contributed by atoms with E-state index in [2.05, 4.69) is 9.68 Å². The van der Waals surface area contributed by atoms with Crippen LogP contribution in [0, 0.1) is 0 Å². The predicted octanol–water partition coefficient (Wildman–Crippen LogP) is -0.696. The molecule has 12 nitrogen and oxygen atoms in total. The van der Waals surface area contributed by atoms with Gasteiger partial charge < -0.3 is 40.3 Å². The summed E-state index contributed by atoms with van der Waals surface area (Å²) in [5.41, 5.74) is 0. The van der Waals surface area contributed by atoms with Gasteiger partial charge in [0.2, 0.25) is 11.8 Å². The fourth-order valence-electron chi connectivity index (χ4n) is 1.77. The molecule has 0 aromatic carbocycles. The molecule has 6 N–H and O–H groups in total. The number of carbonyl (C=O) groups excluding carboxylic acids is 2. The smallest absolute Gasteiger partial charge is 0.333 e. The van der Waals surface area contributed by atoms with Crippen molar-refractivity contribution in [1.29, 1.82) is 0 Å². The van der Waals surface area contributed by atoms with Crippen molar-refractivity contribution in [3.05, 3.63) is 12.1 Å². The highest BCUT2D eigenvalue weighted by atomic mass is 16.7. The van der Waals surface area contributed by atoms with E-state index in [-0.39, 0.29) is 19.3 Å². The first-order chi connectivity index (χ1) is 11.7. The van der Waals surface area contributed by atoms with Gasteiger partial charge in [0.05, 0.1) is 0 Å². The third-order valence-electron chi connectivity index (χ3n) is 2.94. The maximum Gasteiger partial charge on any atom is 0.333 e.